The average Bonchev–Trinajstić information content (AvgIpc) is 2.61. The molecular formula is C13H27ClN2O. The van der Waals surface area contributed by atoms with Crippen molar-refractivity contribution in [2.45, 2.75) is 53.0 Å². The summed E-state index contributed by atoms with van der Waals surface area (Å²) in [5, 5.41) is 0. The minimum atomic E-state index is 0. The Balaban J connectivity index is 0.00000256. The van der Waals surface area contributed by atoms with Crippen molar-refractivity contribution in [2.75, 3.05) is 13.1 Å². The van der Waals surface area contributed by atoms with Crippen LogP contribution in [0.3, 0.4) is 0 Å². The Morgan fingerprint density at radius 2 is 2.06 bits per heavy atom. The van der Waals surface area contributed by atoms with Crippen LogP contribution in [0.4, 0.5) is 0 Å². The zero-order chi connectivity index (χ0) is 12.3. The van der Waals surface area contributed by atoms with E-state index in [1.165, 1.54) is 0 Å². The summed E-state index contributed by atoms with van der Waals surface area (Å²) in [6.45, 7) is 10.3. The van der Waals surface area contributed by atoms with Gasteiger partial charge in [-0.05, 0) is 31.1 Å². The summed E-state index contributed by atoms with van der Waals surface area (Å²) in [5.41, 5.74) is 6.11. The van der Waals surface area contributed by atoms with Crippen molar-refractivity contribution in [3.63, 3.8) is 0 Å². The second-order valence-corrected chi connectivity index (χ2v) is 6.31. The van der Waals surface area contributed by atoms with Gasteiger partial charge in [0.25, 0.3) is 0 Å². The van der Waals surface area contributed by atoms with Crippen molar-refractivity contribution < 1.29 is 4.79 Å². The first kappa shape index (κ1) is 16.7. The molecular weight excluding hydrogens is 236 g/mol. The van der Waals surface area contributed by atoms with Crippen LogP contribution >= 0.6 is 12.4 Å². The van der Waals surface area contributed by atoms with E-state index < -0.39 is 0 Å². The minimum Gasteiger partial charge on any atom is -0.342 e. The van der Waals surface area contributed by atoms with Crippen molar-refractivity contribution in [3.05, 3.63) is 0 Å². The molecule has 2 atom stereocenters. The molecule has 4 heteroatoms. The molecule has 1 saturated heterocycles. The molecule has 2 N–H and O–H groups in total. The minimum absolute atomic E-state index is 0. The molecule has 0 spiro atoms. The molecule has 0 aromatic carbocycles. The summed E-state index contributed by atoms with van der Waals surface area (Å²) in [6, 6.07) is 0.209. The van der Waals surface area contributed by atoms with E-state index in [1.54, 1.807) is 0 Å². The number of carbonyl (C=O) groups excluding carboxylic acids is 1. The van der Waals surface area contributed by atoms with Crippen molar-refractivity contribution >= 4 is 18.3 Å². The van der Waals surface area contributed by atoms with Crippen LogP contribution in [-0.4, -0.2) is 29.9 Å². The van der Waals surface area contributed by atoms with Crippen LogP contribution in [0.15, 0.2) is 0 Å². The van der Waals surface area contributed by atoms with Gasteiger partial charge >= 0.3 is 0 Å². The van der Waals surface area contributed by atoms with Crippen LogP contribution in [-0.2, 0) is 4.79 Å². The number of likely N-dealkylation sites (tertiary alicyclic amines) is 1. The summed E-state index contributed by atoms with van der Waals surface area (Å²) in [5.74, 6) is 0.802. The standard InChI is InChI=1S/C13H26N2O.ClH/c1-10(14)11-6-8-15(9-11)12(16)5-7-13(2,3)4;/h10-11H,5-9,14H2,1-4H3;1H. The molecule has 3 nitrogen and oxygen atoms in total. The lowest BCUT2D eigenvalue weighted by Crippen LogP contribution is -2.33. The zero-order valence-corrected chi connectivity index (χ0v) is 12.3. The zero-order valence-electron chi connectivity index (χ0n) is 11.5. The van der Waals surface area contributed by atoms with Gasteiger partial charge in [0.1, 0.15) is 0 Å². The summed E-state index contributed by atoms with van der Waals surface area (Å²) >= 11 is 0. The fourth-order valence-corrected chi connectivity index (χ4v) is 2.08. The molecule has 2 unspecified atom stereocenters. The number of halogens is 1. The molecule has 1 heterocycles. The predicted octanol–water partition coefficient (Wildman–Crippen LogP) is 2.43. The van der Waals surface area contributed by atoms with Crippen molar-refractivity contribution in [3.8, 4) is 0 Å². The highest BCUT2D eigenvalue weighted by molar-refractivity contribution is 5.85. The molecule has 0 aromatic rings. The van der Waals surface area contributed by atoms with E-state index in [4.69, 9.17) is 5.73 Å². The highest BCUT2D eigenvalue weighted by atomic mass is 35.5. The molecule has 0 aliphatic carbocycles. The molecule has 1 aliphatic heterocycles. The predicted molar refractivity (Wildman–Crippen MR) is 74.3 cm³/mol. The first-order valence-corrected chi connectivity index (χ1v) is 6.33. The van der Waals surface area contributed by atoms with Gasteiger partial charge in [0, 0.05) is 25.6 Å². The second-order valence-electron chi connectivity index (χ2n) is 6.31. The number of carbonyl (C=O) groups is 1. The van der Waals surface area contributed by atoms with Gasteiger partial charge < -0.3 is 10.6 Å². The molecule has 1 amide bonds. The van der Waals surface area contributed by atoms with Gasteiger partial charge in [-0.1, -0.05) is 20.8 Å². The van der Waals surface area contributed by atoms with Crippen molar-refractivity contribution in [2.24, 2.45) is 17.1 Å². The first-order valence-electron chi connectivity index (χ1n) is 6.33. The highest BCUT2D eigenvalue weighted by Crippen LogP contribution is 2.24. The van der Waals surface area contributed by atoms with Crippen LogP contribution in [0, 0.1) is 11.3 Å². The number of hydrogen-bond acceptors (Lipinski definition) is 2. The fourth-order valence-electron chi connectivity index (χ4n) is 2.08. The van der Waals surface area contributed by atoms with Gasteiger partial charge in [-0.25, -0.2) is 0 Å². The van der Waals surface area contributed by atoms with Crippen LogP contribution in [0.5, 0.6) is 0 Å². The molecule has 0 aromatic heterocycles. The Kier molecular flexibility index (Phi) is 6.49. The monoisotopic (exact) mass is 262 g/mol. The third-order valence-electron chi connectivity index (χ3n) is 3.41. The molecule has 0 bridgehead atoms. The van der Waals surface area contributed by atoms with Crippen LogP contribution in [0.1, 0.15) is 47.0 Å². The van der Waals surface area contributed by atoms with Gasteiger partial charge in [0.15, 0.2) is 0 Å². The SMILES string of the molecule is CC(N)C1CCN(C(=O)CCC(C)(C)C)C1.Cl. The number of amides is 1. The quantitative estimate of drug-likeness (QED) is 0.849. The van der Waals surface area contributed by atoms with Gasteiger partial charge in [0.2, 0.25) is 5.91 Å². The lowest BCUT2D eigenvalue weighted by Gasteiger charge is -2.21. The van der Waals surface area contributed by atoms with Crippen molar-refractivity contribution in [1.29, 1.82) is 0 Å². The topological polar surface area (TPSA) is 46.3 Å². The molecule has 0 saturated carbocycles. The van der Waals surface area contributed by atoms with Crippen LogP contribution < -0.4 is 5.73 Å². The maximum atomic E-state index is 11.9. The Bertz CT molecular complexity index is 248. The smallest absolute Gasteiger partial charge is 0.222 e. The number of nitrogens with two attached hydrogens (primary N) is 1. The van der Waals surface area contributed by atoms with E-state index >= 15 is 0 Å². The van der Waals surface area contributed by atoms with E-state index in [0.717, 1.165) is 25.9 Å². The molecule has 1 aliphatic rings. The van der Waals surface area contributed by atoms with E-state index in [1.807, 2.05) is 11.8 Å². The molecule has 0 radical (unpaired) electrons. The van der Waals surface area contributed by atoms with E-state index in [2.05, 4.69) is 20.8 Å². The van der Waals surface area contributed by atoms with Gasteiger partial charge in [-0.2, -0.15) is 0 Å². The summed E-state index contributed by atoms with van der Waals surface area (Å²) in [6.07, 6.45) is 2.71. The summed E-state index contributed by atoms with van der Waals surface area (Å²) in [4.78, 5) is 13.9. The largest absolute Gasteiger partial charge is 0.342 e. The third kappa shape index (κ3) is 5.73. The lowest BCUT2D eigenvalue weighted by molar-refractivity contribution is -0.130. The maximum Gasteiger partial charge on any atom is 0.222 e. The van der Waals surface area contributed by atoms with Gasteiger partial charge in [0.05, 0.1) is 0 Å². The van der Waals surface area contributed by atoms with Crippen LogP contribution in [0.2, 0.25) is 0 Å². The van der Waals surface area contributed by atoms with E-state index in [9.17, 15) is 4.79 Å². The van der Waals surface area contributed by atoms with Gasteiger partial charge in [-0.3, -0.25) is 4.79 Å². The lowest BCUT2D eigenvalue weighted by atomic mass is 9.90. The first-order chi connectivity index (χ1) is 7.29. The fraction of sp³-hybridized carbons (Fsp3) is 0.923. The Morgan fingerprint density at radius 3 is 2.47 bits per heavy atom. The summed E-state index contributed by atoms with van der Waals surface area (Å²) in [7, 11) is 0. The maximum absolute atomic E-state index is 11.9. The van der Waals surface area contributed by atoms with Crippen molar-refractivity contribution in [1.82, 2.24) is 4.90 Å². The molecule has 17 heavy (non-hydrogen) atoms. The highest BCUT2D eigenvalue weighted by Gasteiger charge is 2.28. The Labute approximate surface area is 112 Å². The average molecular weight is 263 g/mol. The molecule has 1 fully saturated rings. The van der Waals surface area contributed by atoms with E-state index in [-0.39, 0.29) is 23.9 Å². The second kappa shape index (κ2) is 6.60. The number of nitrogens with zero attached hydrogens (tertiary/aromatic N) is 1. The summed E-state index contributed by atoms with van der Waals surface area (Å²) < 4.78 is 0. The molecule has 102 valence electrons. The van der Waals surface area contributed by atoms with E-state index in [0.29, 0.717) is 18.2 Å². The third-order valence-corrected chi connectivity index (χ3v) is 3.41. The molecule has 1 rings (SSSR count). The number of rotatable bonds is 3. The van der Waals surface area contributed by atoms with Crippen LogP contribution in [0.25, 0.3) is 0 Å². The number of hydrogen-bond donors (Lipinski definition) is 1. The normalized spacial score (nSPS) is 22.2. The Morgan fingerprint density at radius 1 is 1.47 bits per heavy atom. The van der Waals surface area contributed by atoms with Gasteiger partial charge in [-0.15, -0.1) is 12.4 Å². The Hall–Kier alpha value is -0.280.